The van der Waals surface area contributed by atoms with Crippen molar-refractivity contribution in [3.8, 4) is 0 Å². The predicted octanol–water partition coefficient (Wildman–Crippen LogP) is 4.49. The lowest BCUT2D eigenvalue weighted by Crippen LogP contribution is -2.29. The Hall–Kier alpha value is 0.0600. The van der Waals surface area contributed by atoms with Gasteiger partial charge in [0.25, 0.3) is 0 Å². The van der Waals surface area contributed by atoms with Crippen LogP contribution in [0, 0.1) is 3.57 Å². The fraction of sp³-hybridized carbons (Fsp3) is 0.714. The molecule has 1 aliphatic carbocycles. The molecule has 1 heterocycles. The molecule has 106 valence electrons. The molecule has 3 nitrogen and oxygen atoms in total. The number of hydrogen-bond donors (Lipinski definition) is 0. The molecule has 0 saturated heterocycles. The smallest absolute Gasteiger partial charge is 0.162 e. The molecular weight excluding hydrogens is 375 g/mol. The molecule has 19 heavy (non-hydrogen) atoms. The van der Waals surface area contributed by atoms with Crippen molar-refractivity contribution in [3.63, 3.8) is 0 Å². The second kappa shape index (κ2) is 6.68. The Balaban J connectivity index is 2.42. The van der Waals surface area contributed by atoms with E-state index in [1.54, 1.807) is 0 Å². The van der Waals surface area contributed by atoms with Crippen LogP contribution in [0.1, 0.15) is 57.5 Å². The van der Waals surface area contributed by atoms with Gasteiger partial charge in [0.1, 0.15) is 10.8 Å². The monoisotopic (exact) mass is 394 g/mol. The third kappa shape index (κ3) is 3.22. The van der Waals surface area contributed by atoms with Crippen LogP contribution >= 0.6 is 34.2 Å². The topological polar surface area (TPSA) is 35.0 Å². The minimum Gasteiger partial charge on any atom is -0.367 e. The number of nitrogens with zero attached hydrogens (tertiary/aromatic N) is 2. The molecule has 0 N–H and O–H groups in total. The lowest BCUT2D eigenvalue weighted by atomic mass is 10.0. The van der Waals surface area contributed by atoms with Gasteiger partial charge < -0.3 is 4.74 Å². The lowest BCUT2D eigenvalue weighted by Gasteiger charge is -2.28. The Kier molecular flexibility index (Phi) is 5.43. The molecule has 0 atom stereocenters. The quantitative estimate of drug-likeness (QED) is 0.545. The number of halogens is 2. The van der Waals surface area contributed by atoms with Crippen molar-refractivity contribution >= 4 is 34.2 Å². The maximum atomic E-state index is 6.28. The van der Waals surface area contributed by atoms with Gasteiger partial charge in [0, 0.05) is 6.61 Å². The summed E-state index contributed by atoms with van der Waals surface area (Å²) in [4.78, 5) is 9.28. The molecular formula is C14H20ClIN2O. The SMILES string of the molecule is CCCc1nc(C2(OCC)CCCC2)nc(Cl)c1I. The molecule has 0 radical (unpaired) electrons. The summed E-state index contributed by atoms with van der Waals surface area (Å²) in [6.45, 7) is 4.87. The van der Waals surface area contributed by atoms with Gasteiger partial charge in [-0.2, -0.15) is 0 Å². The molecule has 0 amide bonds. The van der Waals surface area contributed by atoms with Crippen LogP contribution in [0.5, 0.6) is 0 Å². The summed E-state index contributed by atoms with van der Waals surface area (Å²) < 4.78 is 7.00. The average molecular weight is 395 g/mol. The molecule has 2 rings (SSSR count). The summed E-state index contributed by atoms with van der Waals surface area (Å²) in [6.07, 6.45) is 6.36. The molecule has 0 aromatic carbocycles. The standard InChI is InChI=1S/C14H20ClIN2O/c1-3-7-10-11(16)12(15)18-13(17-10)14(19-4-2)8-5-6-9-14/h3-9H2,1-2H3. The number of hydrogen-bond acceptors (Lipinski definition) is 3. The third-order valence-corrected chi connectivity index (χ3v) is 5.33. The van der Waals surface area contributed by atoms with Gasteiger partial charge in [0.2, 0.25) is 0 Å². The Morgan fingerprint density at radius 1 is 1.26 bits per heavy atom. The van der Waals surface area contributed by atoms with Crippen LogP contribution in [0.25, 0.3) is 0 Å². The van der Waals surface area contributed by atoms with Crippen molar-refractivity contribution in [2.24, 2.45) is 0 Å². The van der Waals surface area contributed by atoms with Crippen LogP contribution in [0.3, 0.4) is 0 Å². The van der Waals surface area contributed by atoms with Crippen LogP contribution in [0.2, 0.25) is 5.15 Å². The summed E-state index contributed by atoms with van der Waals surface area (Å²) in [6, 6.07) is 0. The van der Waals surface area contributed by atoms with Gasteiger partial charge in [-0.1, -0.05) is 24.9 Å². The van der Waals surface area contributed by atoms with Gasteiger partial charge in [-0.3, -0.25) is 0 Å². The first-order valence-corrected chi connectivity index (χ1v) is 8.45. The van der Waals surface area contributed by atoms with Crippen molar-refractivity contribution in [3.05, 3.63) is 20.2 Å². The molecule has 1 saturated carbocycles. The Morgan fingerprint density at radius 2 is 1.95 bits per heavy atom. The largest absolute Gasteiger partial charge is 0.367 e. The summed E-state index contributed by atoms with van der Waals surface area (Å²) >= 11 is 8.52. The first kappa shape index (κ1) is 15.4. The van der Waals surface area contributed by atoms with Gasteiger partial charge in [0.15, 0.2) is 5.82 Å². The maximum absolute atomic E-state index is 6.28. The van der Waals surface area contributed by atoms with E-state index in [0.717, 1.165) is 40.8 Å². The summed E-state index contributed by atoms with van der Waals surface area (Å²) in [5.74, 6) is 0.792. The summed E-state index contributed by atoms with van der Waals surface area (Å²) in [7, 11) is 0. The van der Waals surface area contributed by atoms with E-state index in [9.17, 15) is 0 Å². The van der Waals surface area contributed by atoms with E-state index in [2.05, 4.69) is 34.5 Å². The zero-order valence-corrected chi connectivity index (χ0v) is 14.4. The van der Waals surface area contributed by atoms with E-state index in [4.69, 9.17) is 21.3 Å². The number of aryl methyl sites for hydroxylation is 1. The van der Waals surface area contributed by atoms with Gasteiger partial charge >= 0.3 is 0 Å². The highest BCUT2D eigenvalue weighted by Crippen LogP contribution is 2.41. The van der Waals surface area contributed by atoms with Crippen molar-refractivity contribution in [2.75, 3.05) is 6.61 Å². The fourth-order valence-electron chi connectivity index (χ4n) is 2.72. The molecule has 1 aromatic heterocycles. The number of rotatable bonds is 5. The first-order valence-electron chi connectivity index (χ1n) is 6.99. The van der Waals surface area contributed by atoms with Crippen molar-refractivity contribution in [1.82, 2.24) is 9.97 Å². The zero-order valence-electron chi connectivity index (χ0n) is 11.5. The Bertz CT molecular complexity index is 447. The second-order valence-electron chi connectivity index (χ2n) is 4.98. The fourth-order valence-corrected chi connectivity index (χ4v) is 3.42. The van der Waals surface area contributed by atoms with Crippen LogP contribution in [-0.4, -0.2) is 16.6 Å². The van der Waals surface area contributed by atoms with E-state index in [1.807, 2.05) is 6.92 Å². The molecule has 1 aromatic rings. The van der Waals surface area contributed by atoms with Gasteiger partial charge in [0.05, 0.1) is 9.26 Å². The molecule has 1 aliphatic rings. The summed E-state index contributed by atoms with van der Waals surface area (Å²) in [5, 5.41) is 0.569. The van der Waals surface area contributed by atoms with E-state index in [0.29, 0.717) is 11.8 Å². The van der Waals surface area contributed by atoms with Gasteiger partial charge in [-0.15, -0.1) is 0 Å². The predicted molar refractivity (Wildman–Crippen MR) is 85.5 cm³/mol. The second-order valence-corrected chi connectivity index (χ2v) is 6.42. The minimum atomic E-state index is -0.300. The zero-order chi connectivity index (χ0) is 13.9. The Labute approximate surface area is 133 Å². The third-order valence-electron chi connectivity index (χ3n) is 3.61. The molecule has 5 heteroatoms. The highest BCUT2D eigenvalue weighted by molar-refractivity contribution is 14.1. The molecule has 0 bridgehead atoms. The van der Waals surface area contributed by atoms with Crippen molar-refractivity contribution in [1.29, 1.82) is 0 Å². The highest BCUT2D eigenvalue weighted by atomic mass is 127. The van der Waals surface area contributed by atoms with E-state index < -0.39 is 0 Å². The molecule has 1 fully saturated rings. The molecule has 0 spiro atoms. The van der Waals surface area contributed by atoms with Crippen LogP contribution in [-0.2, 0) is 16.8 Å². The highest BCUT2D eigenvalue weighted by Gasteiger charge is 2.39. The maximum Gasteiger partial charge on any atom is 0.162 e. The van der Waals surface area contributed by atoms with E-state index in [-0.39, 0.29) is 5.60 Å². The Morgan fingerprint density at radius 3 is 2.53 bits per heavy atom. The van der Waals surface area contributed by atoms with Gasteiger partial charge in [-0.05, 0) is 61.6 Å². The number of aromatic nitrogens is 2. The number of ether oxygens (including phenoxy) is 1. The van der Waals surface area contributed by atoms with Crippen LogP contribution < -0.4 is 0 Å². The molecule has 0 aliphatic heterocycles. The minimum absolute atomic E-state index is 0.300. The molecule has 0 unspecified atom stereocenters. The summed E-state index contributed by atoms with van der Waals surface area (Å²) in [5.41, 5.74) is 0.759. The average Bonchev–Trinajstić information content (AvgIpc) is 2.85. The van der Waals surface area contributed by atoms with E-state index >= 15 is 0 Å². The van der Waals surface area contributed by atoms with Crippen molar-refractivity contribution in [2.45, 2.75) is 58.0 Å². The normalized spacial score (nSPS) is 17.9. The van der Waals surface area contributed by atoms with Gasteiger partial charge in [-0.25, -0.2) is 9.97 Å². The van der Waals surface area contributed by atoms with E-state index in [1.165, 1.54) is 12.8 Å². The first-order chi connectivity index (χ1) is 9.13. The lowest BCUT2D eigenvalue weighted by molar-refractivity contribution is -0.0458. The van der Waals surface area contributed by atoms with Crippen molar-refractivity contribution < 1.29 is 4.74 Å². The van der Waals surface area contributed by atoms with Crippen LogP contribution in [0.4, 0.5) is 0 Å². The van der Waals surface area contributed by atoms with Crippen LogP contribution in [0.15, 0.2) is 0 Å².